The van der Waals surface area contributed by atoms with Crippen molar-refractivity contribution in [3.8, 4) is 0 Å². The summed E-state index contributed by atoms with van der Waals surface area (Å²) in [5.41, 5.74) is 7.11. The van der Waals surface area contributed by atoms with Gasteiger partial charge in [-0.25, -0.2) is 0 Å². The number of hydrogen-bond acceptors (Lipinski definition) is 2. The summed E-state index contributed by atoms with van der Waals surface area (Å²) in [5.74, 6) is 2.86. The quantitative estimate of drug-likeness (QED) is 0.844. The van der Waals surface area contributed by atoms with Gasteiger partial charge < -0.3 is 11.1 Å². The van der Waals surface area contributed by atoms with Crippen molar-refractivity contribution in [2.75, 3.05) is 6.54 Å². The lowest BCUT2D eigenvalue weighted by Gasteiger charge is -2.21. The van der Waals surface area contributed by atoms with Gasteiger partial charge in [0.15, 0.2) is 0 Å². The molecule has 0 saturated heterocycles. The minimum Gasteiger partial charge on any atom is -0.356 e. The van der Waals surface area contributed by atoms with Crippen LogP contribution in [0.1, 0.15) is 50.1 Å². The predicted octanol–water partition coefficient (Wildman–Crippen LogP) is 3.02. The van der Waals surface area contributed by atoms with Crippen LogP contribution in [-0.2, 0) is 4.79 Å². The third-order valence-electron chi connectivity index (χ3n) is 5.35. The molecule has 1 aromatic rings. The highest BCUT2D eigenvalue weighted by atomic mass is 16.1. The number of nitrogens with two attached hydrogens (primary N) is 1. The van der Waals surface area contributed by atoms with E-state index in [2.05, 4.69) is 5.32 Å². The van der Waals surface area contributed by atoms with Crippen LogP contribution in [0.4, 0.5) is 0 Å². The maximum atomic E-state index is 12.0. The molecule has 0 heterocycles. The molecule has 0 aromatic heterocycles. The van der Waals surface area contributed by atoms with Crippen LogP contribution in [0.2, 0.25) is 0 Å². The molecule has 2 fully saturated rings. The second kappa shape index (κ2) is 6.61. The first kappa shape index (κ1) is 14.6. The second-order valence-electron chi connectivity index (χ2n) is 6.79. The van der Waals surface area contributed by atoms with Crippen LogP contribution in [-0.4, -0.2) is 12.5 Å². The fraction of sp³-hybridized carbons (Fsp3) is 0.611. The molecule has 2 aliphatic carbocycles. The average molecular weight is 286 g/mol. The van der Waals surface area contributed by atoms with Gasteiger partial charge in [-0.1, -0.05) is 36.8 Å². The molecule has 4 atom stereocenters. The first-order valence-corrected chi connectivity index (χ1v) is 8.29. The number of rotatable bonds is 6. The Morgan fingerprint density at radius 1 is 1.24 bits per heavy atom. The molecule has 3 heteroatoms. The van der Waals surface area contributed by atoms with E-state index in [0.29, 0.717) is 6.42 Å². The standard InChI is InChI=1S/C18H26N2O/c19-17(14-4-2-1-3-5-14)12-18(21)20-9-8-16-11-13-6-7-15(16)10-13/h1-5,13,15-17H,6-12,19H2,(H,20,21). The number of hydrogen-bond donors (Lipinski definition) is 2. The van der Waals surface area contributed by atoms with Crippen LogP contribution >= 0.6 is 0 Å². The van der Waals surface area contributed by atoms with E-state index >= 15 is 0 Å². The average Bonchev–Trinajstić information content (AvgIpc) is 3.11. The number of amides is 1. The van der Waals surface area contributed by atoms with Gasteiger partial charge in [-0.2, -0.15) is 0 Å². The number of carbonyl (C=O) groups excluding carboxylic acids is 1. The normalized spacial score (nSPS) is 28.5. The van der Waals surface area contributed by atoms with Gasteiger partial charge in [0.25, 0.3) is 0 Å². The Balaban J connectivity index is 1.37. The molecule has 114 valence electrons. The largest absolute Gasteiger partial charge is 0.356 e. The van der Waals surface area contributed by atoms with Gasteiger partial charge in [-0.05, 0) is 49.0 Å². The highest BCUT2D eigenvalue weighted by Crippen LogP contribution is 2.49. The third kappa shape index (κ3) is 3.65. The van der Waals surface area contributed by atoms with E-state index in [1.807, 2.05) is 30.3 Å². The zero-order valence-electron chi connectivity index (χ0n) is 12.6. The van der Waals surface area contributed by atoms with Crippen molar-refractivity contribution in [2.45, 2.75) is 44.6 Å². The Kier molecular flexibility index (Phi) is 4.59. The predicted molar refractivity (Wildman–Crippen MR) is 84.6 cm³/mol. The highest BCUT2D eigenvalue weighted by molar-refractivity contribution is 5.76. The zero-order valence-corrected chi connectivity index (χ0v) is 12.6. The summed E-state index contributed by atoms with van der Waals surface area (Å²) in [6.07, 6.45) is 7.22. The lowest BCUT2D eigenvalue weighted by molar-refractivity contribution is -0.121. The Morgan fingerprint density at radius 2 is 2.05 bits per heavy atom. The zero-order chi connectivity index (χ0) is 14.7. The Hall–Kier alpha value is -1.35. The van der Waals surface area contributed by atoms with Gasteiger partial charge in [-0.15, -0.1) is 0 Å². The van der Waals surface area contributed by atoms with E-state index < -0.39 is 0 Å². The fourth-order valence-electron chi connectivity index (χ4n) is 4.22. The summed E-state index contributed by atoms with van der Waals surface area (Å²) in [5, 5.41) is 3.05. The molecule has 3 rings (SSSR count). The maximum absolute atomic E-state index is 12.0. The molecule has 0 spiro atoms. The van der Waals surface area contributed by atoms with Crippen LogP contribution in [0.3, 0.4) is 0 Å². The molecular formula is C18H26N2O. The topological polar surface area (TPSA) is 55.1 Å². The van der Waals surface area contributed by atoms with Crippen molar-refractivity contribution in [2.24, 2.45) is 23.5 Å². The van der Waals surface area contributed by atoms with E-state index in [-0.39, 0.29) is 11.9 Å². The minimum absolute atomic E-state index is 0.0782. The maximum Gasteiger partial charge on any atom is 0.221 e. The smallest absolute Gasteiger partial charge is 0.221 e. The van der Waals surface area contributed by atoms with Crippen molar-refractivity contribution in [3.05, 3.63) is 35.9 Å². The van der Waals surface area contributed by atoms with Gasteiger partial charge in [-0.3, -0.25) is 4.79 Å². The van der Waals surface area contributed by atoms with E-state index in [9.17, 15) is 4.79 Å². The molecule has 3 N–H and O–H groups in total. The van der Waals surface area contributed by atoms with Crippen molar-refractivity contribution in [3.63, 3.8) is 0 Å². The summed E-state index contributed by atoms with van der Waals surface area (Å²) < 4.78 is 0. The molecule has 2 saturated carbocycles. The lowest BCUT2D eigenvalue weighted by Crippen LogP contribution is -2.29. The molecule has 21 heavy (non-hydrogen) atoms. The molecule has 2 bridgehead atoms. The monoisotopic (exact) mass is 286 g/mol. The number of benzene rings is 1. The summed E-state index contributed by atoms with van der Waals surface area (Å²) in [6, 6.07) is 9.64. The van der Waals surface area contributed by atoms with Crippen LogP contribution < -0.4 is 11.1 Å². The van der Waals surface area contributed by atoms with Crippen LogP contribution in [0.5, 0.6) is 0 Å². The van der Waals surface area contributed by atoms with E-state index in [0.717, 1.165) is 36.3 Å². The summed E-state index contributed by atoms with van der Waals surface area (Å²) in [7, 11) is 0. The van der Waals surface area contributed by atoms with E-state index in [1.54, 1.807) is 0 Å². The number of nitrogens with one attached hydrogen (secondary N) is 1. The number of fused-ring (bicyclic) bond motifs is 2. The Labute approximate surface area is 127 Å². The Morgan fingerprint density at radius 3 is 2.71 bits per heavy atom. The summed E-state index contributed by atoms with van der Waals surface area (Å²) in [6.45, 7) is 0.814. The molecule has 2 aliphatic rings. The second-order valence-corrected chi connectivity index (χ2v) is 6.79. The summed E-state index contributed by atoms with van der Waals surface area (Å²) in [4.78, 5) is 12.0. The van der Waals surface area contributed by atoms with Crippen molar-refractivity contribution >= 4 is 5.91 Å². The fourth-order valence-corrected chi connectivity index (χ4v) is 4.22. The highest BCUT2D eigenvalue weighted by Gasteiger charge is 2.38. The number of carbonyl (C=O) groups is 1. The minimum atomic E-state index is -0.200. The SMILES string of the molecule is NC(CC(=O)NCCC1CC2CCC1C2)c1ccccc1. The van der Waals surface area contributed by atoms with Crippen LogP contribution in [0, 0.1) is 17.8 Å². The molecule has 0 aliphatic heterocycles. The van der Waals surface area contributed by atoms with Gasteiger partial charge >= 0.3 is 0 Å². The molecule has 4 unspecified atom stereocenters. The Bertz CT molecular complexity index is 473. The first-order valence-electron chi connectivity index (χ1n) is 8.29. The van der Waals surface area contributed by atoms with E-state index in [4.69, 9.17) is 5.73 Å². The first-order chi connectivity index (χ1) is 10.2. The molecular weight excluding hydrogens is 260 g/mol. The van der Waals surface area contributed by atoms with Crippen LogP contribution in [0.25, 0.3) is 0 Å². The van der Waals surface area contributed by atoms with Gasteiger partial charge in [0.2, 0.25) is 5.91 Å². The summed E-state index contributed by atoms with van der Waals surface area (Å²) >= 11 is 0. The third-order valence-corrected chi connectivity index (χ3v) is 5.35. The molecule has 0 radical (unpaired) electrons. The van der Waals surface area contributed by atoms with Crippen molar-refractivity contribution in [1.29, 1.82) is 0 Å². The van der Waals surface area contributed by atoms with Crippen molar-refractivity contribution < 1.29 is 4.79 Å². The van der Waals surface area contributed by atoms with E-state index in [1.165, 1.54) is 25.7 Å². The van der Waals surface area contributed by atoms with Crippen LogP contribution in [0.15, 0.2) is 30.3 Å². The molecule has 1 aromatic carbocycles. The molecule has 3 nitrogen and oxygen atoms in total. The van der Waals surface area contributed by atoms with Gasteiger partial charge in [0, 0.05) is 19.0 Å². The molecule has 1 amide bonds. The van der Waals surface area contributed by atoms with Crippen molar-refractivity contribution in [1.82, 2.24) is 5.32 Å². The van der Waals surface area contributed by atoms with Gasteiger partial charge in [0.1, 0.15) is 0 Å². The lowest BCUT2D eigenvalue weighted by atomic mass is 9.86. The van der Waals surface area contributed by atoms with Gasteiger partial charge in [0.05, 0.1) is 0 Å².